The Morgan fingerprint density at radius 1 is 0.739 bits per heavy atom. The Labute approximate surface area is 263 Å². The minimum absolute atomic E-state index is 0.0213. The van der Waals surface area contributed by atoms with Crippen molar-refractivity contribution < 1.29 is 54.6 Å². The predicted octanol–water partition coefficient (Wildman–Crippen LogP) is -1.09. The van der Waals surface area contributed by atoms with Crippen LogP contribution >= 0.6 is 0 Å². The Hall–Kier alpha value is -5.07. The van der Waals surface area contributed by atoms with E-state index in [0.29, 0.717) is 6.42 Å². The Morgan fingerprint density at radius 3 is 1.67 bits per heavy atom. The third-order valence-corrected chi connectivity index (χ3v) is 5.96. The molecule has 254 valence electrons. The number of carbonyl (C=O) groups excluding carboxylic acids is 1. The molecule has 5 atom stereocenters. The summed E-state index contributed by atoms with van der Waals surface area (Å²) in [4.78, 5) is 54.1. The number of hydrogen-bond acceptors (Lipinski definition) is 11. The van der Waals surface area contributed by atoms with E-state index in [0.717, 1.165) is 22.0 Å². The summed E-state index contributed by atoms with van der Waals surface area (Å²) in [5, 5.41) is 52.0. The van der Waals surface area contributed by atoms with Crippen LogP contribution in [0.3, 0.4) is 0 Å². The summed E-state index contributed by atoms with van der Waals surface area (Å²) in [7, 11) is 0. The number of carboxylic acid groups (broad SMARTS) is 4. The highest BCUT2D eigenvalue weighted by atomic mass is 16.4. The number of aromatic nitrogens is 1. The molecule has 2 aromatic carbocycles. The fourth-order valence-electron chi connectivity index (χ4n) is 3.23. The van der Waals surface area contributed by atoms with Gasteiger partial charge in [-0.05, 0) is 49.1 Å². The second-order valence-electron chi connectivity index (χ2n) is 9.88. The Balaban J connectivity index is 0.000000605. The quantitative estimate of drug-likeness (QED) is 0.111. The number of aromatic hydroxyl groups is 1. The summed E-state index contributed by atoms with van der Waals surface area (Å²) in [6.45, 7) is 1.33. The molecule has 1 heterocycles. The number of aliphatic hydroxyl groups is 1. The second kappa shape index (κ2) is 20.8. The summed E-state index contributed by atoms with van der Waals surface area (Å²) >= 11 is 0. The van der Waals surface area contributed by atoms with Crippen molar-refractivity contribution in [3.8, 4) is 5.75 Å². The number of phenolic OH excluding ortho intramolecular Hbond substituents is 1. The normalized spacial score (nSPS) is 13.4. The lowest BCUT2D eigenvalue weighted by molar-refractivity contribution is -0.141. The van der Waals surface area contributed by atoms with Crippen LogP contribution in [0, 0.1) is 0 Å². The third-order valence-electron chi connectivity index (χ3n) is 5.96. The first-order valence-electron chi connectivity index (χ1n) is 13.6. The average molecular weight is 651 g/mol. The lowest BCUT2D eigenvalue weighted by atomic mass is 10.1. The number of aliphatic hydroxyl groups excluding tert-OH is 1. The zero-order chi connectivity index (χ0) is 35.6. The largest absolute Gasteiger partial charge is 0.508 e. The van der Waals surface area contributed by atoms with E-state index in [-0.39, 0.29) is 25.0 Å². The fraction of sp³-hybridized carbons (Fsp3) is 0.345. The lowest BCUT2D eigenvalue weighted by Crippen LogP contribution is -2.39. The molecule has 17 heteroatoms. The number of phenols is 1. The molecule has 0 aliphatic heterocycles. The highest BCUT2D eigenvalue weighted by Crippen LogP contribution is 2.18. The van der Waals surface area contributed by atoms with Crippen molar-refractivity contribution in [2.45, 2.75) is 62.9 Å². The smallest absolute Gasteiger partial charge is 0.323 e. The molecular weight excluding hydrogens is 608 g/mol. The summed E-state index contributed by atoms with van der Waals surface area (Å²) in [6.07, 6.45) is 1.58. The van der Waals surface area contributed by atoms with E-state index in [2.05, 4.69) is 4.98 Å². The first-order valence-corrected chi connectivity index (χ1v) is 13.6. The third kappa shape index (κ3) is 16.7. The molecule has 3 aromatic rings. The second-order valence-corrected chi connectivity index (χ2v) is 9.88. The van der Waals surface area contributed by atoms with Gasteiger partial charge in [0.1, 0.15) is 29.9 Å². The number of hydrogen-bond donors (Lipinski definition) is 12. The molecule has 17 N–H and O–H groups in total. The molecule has 46 heavy (non-hydrogen) atoms. The molecule has 17 nitrogen and oxygen atoms in total. The van der Waals surface area contributed by atoms with Crippen LogP contribution in [0.15, 0.2) is 54.7 Å². The maximum absolute atomic E-state index is 10.6. The molecule has 0 aliphatic rings. The van der Waals surface area contributed by atoms with Crippen LogP contribution in [0.1, 0.15) is 30.9 Å². The Morgan fingerprint density at radius 2 is 1.24 bits per heavy atom. The van der Waals surface area contributed by atoms with Crippen molar-refractivity contribution >= 4 is 40.7 Å². The number of aliphatic carboxylic acids is 4. The molecule has 0 bridgehead atoms. The highest BCUT2D eigenvalue weighted by Gasteiger charge is 2.16. The molecule has 0 saturated carbocycles. The van der Waals surface area contributed by atoms with E-state index in [1.807, 2.05) is 30.5 Å². The van der Waals surface area contributed by atoms with Crippen LogP contribution in [0.5, 0.6) is 5.75 Å². The van der Waals surface area contributed by atoms with Crippen LogP contribution < -0.4 is 28.7 Å². The van der Waals surface area contributed by atoms with Crippen LogP contribution in [0.2, 0.25) is 0 Å². The van der Waals surface area contributed by atoms with Gasteiger partial charge in [0.25, 0.3) is 0 Å². The predicted molar refractivity (Wildman–Crippen MR) is 166 cm³/mol. The number of benzene rings is 2. The molecule has 5 unspecified atom stereocenters. The summed E-state index contributed by atoms with van der Waals surface area (Å²) in [5.41, 5.74) is 28.3. The van der Waals surface area contributed by atoms with E-state index in [1.54, 1.807) is 12.1 Å². The van der Waals surface area contributed by atoms with E-state index >= 15 is 0 Å². The molecule has 1 amide bonds. The van der Waals surface area contributed by atoms with Gasteiger partial charge in [-0.15, -0.1) is 0 Å². The Bertz CT molecular complexity index is 1410. The molecule has 0 spiro atoms. The summed E-state index contributed by atoms with van der Waals surface area (Å²) < 4.78 is 0. The topological polar surface area (TPSA) is 353 Å². The van der Waals surface area contributed by atoms with Crippen molar-refractivity contribution in [1.82, 2.24) is 4.98 Å². The van der Waals surface area contributed by atoms with Gasteiger partial charge in [0.2, 0.25) is 5.91 Å². The van der Waals surface area contributed by atoms with Gasteiger partial charge in [-0.2, -0.15) is 0 Å². The van der Waals surface area contributed by atoms with E-state index in [9.17, 15) is 24.0 Å². The van der Waals surface area contributed by atoms with Crippen molar-refractivity contribution in [3.63, 3.8) is 0 Å². The zero-order valence-corrected chi connectivity index (χ0v) is 25.0. The number of carboxylic acids is 4. The van der Waals surface area contributed by atoms with Crippen LogP contribution in [-0.2, 0) is 36.8 Å². The van der Waals surface area contributed by atoms with Crippen LogP contribution in [-0.4, -0.2) is 95.7 Å². The number of nitrogens with two attached hydrogens (primary N) is 5. The number of amides is 1. The van der Waals surface area contributed by atoms with Gasteiger partial charge < -0.3 is 64.3 Å². The first-order chi connectivity index (χ1) is 21.4. The summed E-state index contributed by atoms with van der Waals surface area (Å²) in [6, 6.07) is 10.2. The fourth-order valence-corrected chi connectivity index (χ4v) is 3.23. The molecule has 0 saturated heterocycles. The number of aromatic amines is 1. The van der Waals surface area contributed by atoms with E-state index in [4.69, 9.17) is 59.3 Å². The van der Waals surface area contributed by atoms with Gasteiger partial charge in [0.05, 0.1) is 6.10 Å². The van der Waals surface area contributed by atoms with E-state index in [1.165, 1.54) is 19.1 Å². The zero-order valence-electron chi connectivity index (χ0n) is 25.0. The van der Waals surface area contributed by atoms with Gasteiger partial charge in [0.15, 0.2) is 0 Å². The SMILES string of the molecule is CC(O)C(N)C(=O)O.NC(=O)CCC(N)C(=O)O.NC(Cc1c[nH]c2ccccc12)C(=O)O.NC(Cc1ccc(O)cc1)C(=O)O. The number of H-pyrrole nitrogens is 1. The molecule has 0 fully saturated rings. The van der Waals surface area contributed by atoms with Crippen molar-refractivity contribution in [2.75, 3.05) is 0 Å². The monoisotopic (exact) mass is 650 g/mol. The van der Waals surface area contributed by atoms with Gasteiger partial charge in [-0.1, -0.05) is 30.3 Å². The number of nitrogens with one attached hydrogen (secondary N) is 1. The average Bonchev–Trinajstić information content (AvgIpc) is 3.39. The van der Waals surface area contributed by atoms with Crippen molar-refractivity contribution in [3.05, 3.63) is 65.9 Å². The minimum Gasteiger partial charge on any atom is -0.508 e. The molecule has 0 radical (unpaired) electrons. The lowest BCUT2D eigenvalue weighted by Gasteiger charge is -2.06. The van der Waals surface area contributed by atoms with Gasteiger partial charge in [-0.3, -0.25) is 24.0 Å². The van der Waals surface area contributed by atoms with Gasteiger partial charge in [-0.25, -0.2) is 0 Å². The highest BCUT2D eigenvalue weighted by molar-refractivity contribution is 5.84. The maximum Gasteiger partial charge on any atom is 0.323 e. The molecular formula is C29H42N6O11. The van der Waals surface area contributed by atoms with Gasteiger partial charge >= 0.3 is 23.9 Å². The number of para-hydroxylation sites is 1. The molecule has 0 aliphatic carbocycles. The molecule has 1 aromatic heterocycles. The minimum atomic E-state index is -1.18. The van der Waals surface area contributed by atoms with E-state index < -0.39 is 60.1 Å². The maximum atomic E-state index is 10.6. The first kappa shape index (κ1) is 40.9. The van der Waals surface area contributed by atoms with Crippen LogP contribution in [0.4, 0.5) is 0 Å². The molecule has 3 rings (SSSR count). The number of fused-ring (bicyclic) bond motifs is 1. The number of primary amides is 1. The van der Waals surface area contributed by atoms with Gasteiger partial charge in [0, 0.05) is 29.9 Å². The summed E-state index contributed by atoms with van der Waals surface area (Å²) in [5.74, 6) is -4.65. The van der Waals surface area contributed by atoms with Crippen molar-refractivity contribution in [1.29, 1.82) is 0 Å². The van der Waals surface area contributed by atoms with Crippen molar-refractivity contribution in [2.24, 2.45) is 28.7 Å². The van der Waals surface area contributed by atoms with Crippen LogP contribution in [0.25, 0.3) is 10.9 Å². The standard InChI is InChI=1S/C11H12N2O2.C9H11NO3.C5H10N2O3.C4H9NO3/c12-9(11(14)15)5-7-6-13-10-4-2-1-3-8(7)10;10-8(9(12)13)5-6-1-3-7(11)4-2-6;6-3(5(9)10)1-2-4(7)8;1-2(6)3(5)4(7)8/h1-4,6,9,13H,5,12H2,(H,14,15);1-4,8,11H,5,10H2,(H,12,13);3H,1-2,6H2,(H2,7,8)(H,9,10);2-3,6H,5H2,1H3,(H,7,8). The Kier molecular flexibility index (Phi) is 18.5. The number of rotatable bonds is 12. The number of carbonyl (C=O) groups is 5.